The quantitative estimate of drug-likeness (QED) is 0.831. The summed E-state index contributed by atoms with van der Waals surface area (Å²) in [6, 6.07) is 7.65. The van der Waals surface area contributed by atoms with Crippen molar-refractivity contribution in [2.45, 2.75) is 0 Å². The third kappa shape index (κ3) is 2.91. The van der Waals surface area contributed by atoms with Gasteiger partial charge in [0.25, 0.3) is 5.91 Å². The molecule has 2 rings (SSSR count). The van der Waals surface area contributed by atoms with E-state index in [1.54, 1.807) is 12.1 Å². The zero-order valence-electron chi connectivity index (χ0n) is 9.02. The van der Waals surface area contributed by atoms with Crippen molar-refractivity contribution in [3.63, 3.8) is 0 Å². The number of carbonyl (C=O) groups is 1. The summed E-state index contributed by atoms with van der Waals surface area (Å²) < 4.78 is 0. The highest BCUT2D eigenvalue weighted by molar-refractivity contribution is 6.41. The predicted molar refractivity (Wildman–Crippen MR) is 70.3 cm³/mol. The largest absolute Gasteiger partial charge is 0.508 e. The fraction of sp³-hybridized carbons (Fsp3) is 0. The number of carbonyl (C=O) groups excluding carboxylic acids is 1. The molecule has 0 aliphatic rings. The van der Waals surface area contributed by atoms with Crippen molar-refractivity contribution in [2.24, 2.45) is 0 Å². The number of halogens is 2. The first-order chi connectivity index (χ1) is 8.56. The molecule has 0 aliphatic carbocycles. The topological polar surface area (TPSA) is 62.2 Å². The molecule has 1 amide bonds. The first-order valence-corrected chi connectivity index (χ1v) is 5.73. The number of nitrogens with zero attached hydrogens (tertiary/aromatic N) is 1. The third-order valence-corrected chi connectivity index (χ3v) is 2.85. The van der Waals surface area contributed by atoms with Crippen LogP contribution in [0, 0.1) is 0 Å². The van der Waals surface area contributed by atoms with E-state index in [9.17, 15) is 9.90 Å². The molecular formula is C12H8Cl2N2O2. The Morgan fingerprint density at radius 3 is 2.72 bits per heavy atom. The second-order valence-corrected chi connectivity index (χ2v) is 4.27. The van der Waals surface area contributed by atoms with Gasteiger partial charge in [-0.15, -0.1) is 0 Å². The lowest BCUT2D eigenvalue weighted by atomic mass is 10.2. The molecule has 0 unspecified atom stereocenters. The van der Waals surface area contributed by atoms with Crippen molar-refractivity contribution >= 4 is 34.8 Å². The third-order valence-electron chi connectivity index (χ3n) is 2.16. The van der Waals surface area contributed by atoms with E-state index in [0.717, 1.165) is 0 Å². The molecule has 0 spiro atoms. The van der Waals surface area contributed by atoms with Crippen LogP contribution in [-0.4, -0.2) is 16.0 Å². The minimum Gasteiger partial charge on any atom is -0.508 e. The van der Waals surface area contributed by atoms with Gasteiger partial charge < -0.3 is 10.4 Å². The second kappa shape index (κ2) is 5.25. The van der Waals surface area contributed by atoms with Gasteiger partial charge in [0.2, 0.25) is 0 Å². The van der Waals surface area contributed by atoms with Gasteiger partial charge in [0.05, 0.1) is 10.6 Å². The van der Waals surface area contributed by atoms with Crippen LogP contribution in [0.1, 0.15) is 10.4 Å². The van der Waals surface area contributed by atoms with Crippen molar-refractivity contribution in [1.29, 1.82) is 0 Å². The highest BCUT2D eigenvalue weighted by Gasteiger charge is 2.09. The lowest BCUT2D eigenvalue weighted by Gasteiger charge is -2.06. The van der Waals surface area contributed by atoms with Crippen LogP contribution in [0.4, 0.5) is 5.69 Å². The Hall–Kier alpha value is -1.78. The summed E-state index contributed by atoms with van der Waals surface area (Å²) in [6.45, 7) is 0. The molecule has 92 valence electrons. The molecule has 0 radical (unpaired) electrons. The summed E-state index contributed by atoms with van der Waals surface area (Å²) in [5.74, 6) is -0.313. The van der Waals surface area contributed by atoms with Crippen LogP contribution < -0.4 is 5.32 Å². The maximum absolute atomic E-state index is 11.9. The molecule has 0 fully saturated rings. The molecule has 0 aliphatic heterocycles. The van der Waals surface area contributed by atoms with Gasteiger partial charge in [0.1, 0.15) is 10.9 Å². The number of rotatable bonds is 2. The van der Waals surface area contributed by atoms with Crippen molar-refractivity contribution < 1.29 is 9.90 Å². The average Bonchev–Trinajstić information content (AvgIpc) is 2.32. The Kier molecular flexibility index (Phi) is 3.69. The summed E-state index contributed by atoms with van der Waals surface area (Å²) in [7, 11) is 0. The number of pyridine rings is 1. The number of phenolic OH excluding ortho intramolecular Hbond substituents is 1. The molecule has 1 aromatic carbocycles. The number of hydrogen-bond acceptors (Lipinski definition) is 3. The Labute approximate surface area is 113 Å². The van der Waals surface area contributed by atoms with Crippen LogP contribution in [0.2, 0.25) is 10.2 Å². The van der Waals surface area contributed by atoms with E-state index in [-0.39, 0.29) is 27.4 Å². The Balaban J connectivity index is 2.19. The highest BCUT2D eigenvalue weighted by atomic mass is 35.5. The van der Waals surface area contributed by atoms with Gasteiger partial charge >= 0.3 is 0 Å². The molecule has 0 saturated carbocycles. The maximum Gasteiger partial charge on any atom is 0.257 e. The standard InChI is InChI=1S/C12H8Cl2N2O2/c13-10-4-7(6-15-11(10)14)12(18)16-8-2-1-3-9(17)5-8/h1-6,17H,(H,16,18). The minimum absolute atomic E-state index is 0.0695. The fourth-order valence-corrected chi connectivity index (χ4v) is 1.60. The number of hydrogen-bond donors (Lipinski definition) is 2. The number of aromatic nitrogens is 1. The lowest BCUT2D eigenvalue weighted by molar-refractivity contribution is 0.102. The number of anilines is 1. The number of aromatic hydroxyl groups is 1. The first kappa shape index (κ1) is 12.7. The van der Waals surface area contributed by atoms with Crippen LogP contribution in [0.25, 0.3) is 0 Å². The van der Waals surface area contributed by atoms with Crippen molar-refractivity contribution in [3.05, 3.63) is 52.3 Å². The van der Waals surface area contributed by atoms with E-state index in [1.807, 2.05) is 0 Å². The molecule has 1 aromatic heterocycles. The smallest absolute Gasteiger partial charge is 0.257 e. The van der Waals surface area contributed by atoms with Crippen molar-refractivity contribution in [3.8, 4) is 5.75 Å². The Morgan fingerprint density at radius 2 is 2.06 bits per heavy atom. The summed E-state index contributed by atoms with van der Waals surface area (Å²) in [6.07, 6.45) is 1.33. The van der Waals surface area contributed by atoms with E-state index in [2.05, 4.69) is 10.3 Å². The van der Waals surface area contributed by atoms with Crippen molar-refractivity contribution in [2.75, 3.05) is 5.32 Å². The van der Waals surface area contributed by atoms with Crippen LogP contribution in [0.5, 0.6) is 5.75 Å². The average molecular weight is 283 g/mol. The van der Waals surface area contributed by atoms with Crippen molar-refractivity contribution in [1.82, 2.24) is 4.98 Å². The van der Waals surface area contributed by atoms with Gasteiger partial charge in [0, 0.05) is 18.0 Å². The molecule has 2 aromatic rings. The maximum atomic E-state index is 11.9. The number of phenols is 1. The van der Waals surface area contributed by atoms with Crippen LogP contribution >= 0.6 is 23.2 Å². The lowest BCUT2D eigenvalue weighted by Crippen LogP contribution is -2.12. The first-order valence-electron chi connectivity index (χ1n) is 4.97. The molecule has 1 heterocycles. The Morgan fingerprint density at radius 1 is 1.28 bits per heavy atom. The molecule has 18 heavy (non-hydrogen) atoms. The van der Waals surface area contributed by atoms with Gasteiger partial charge in [-0.3, -0.25) is 4.79 Å². The molecule has 0 atom stereocenters. The molecule has 6 heteroatoms. The van der Waals surface area contributed by atoms with Gasteiger partial charge in [-0.1, -0.05) is 29.3 Å². The predicted octanol–water partition coefficient (Wildman–Crippen LogP) is 3.35. The van der Waals surface area contributed by atoms with E-state index < -0.39 is 0 Å². The minimum atomic E-state index is -0.383. The summed E-state index contributed by atoms with van der Waals surface area (Å²) in [4.78, 5) is 15.6. The second-order valence-electron chi connectivity index (χ2n) is 3.50. The van der Waals surface area contributed by atoms with Gasteiger partial charge in [-0.05, 0) is 18.2 Å². The summed E-state index contributed by atoms with van der Waals surface area (Å²) >= 11 is 11.4. The van der Waals surface area contributed by atoms with Crippen LogP contribution in [0.3, 0.4) is 0 Å². The zero-order valence-corrected chi connectivity index (χ0v) is 10.5. The number of amides is 1. The normalized spacial score (nSPS) is 10.1. The van der Waals surface area contributed by atoms with E-state index >= 15 is 0 Å². The summed E-state index contributed by atoms with van der Waals surface area (Å²) in [5.41, 5.74) is 0.763. The molecule has 2 N–H and O–H groups in total. The summed E-state index contributed by atoms with van der Waals surface area (Å²) in [5, 5.41) is 12.2. The fourth-order valence-electron chi connectivity index (χ4n) is 1.33. The monoisotopic (exact) mass is 282 g/mol. The van der Waals surface area contributed by atoms with E-state index in [1.165, 1.54) is 24.4 Å². The van der Waals surface area contributed by atoms with Gasteiger partial charge in [-0.25, -0.2) is 4.98 Å². The number of benzene rings is 1. The molecule has 0 bridgehead atoms. The van der Waals surface area contributed by atoms with E-state index in [0.29, 0.717) is 5.69 Å². The van der Waals surface area contributed by atoms with Crippen LogP contribution in [0.15, 0.2) is 36.5 Å². The van der Waals surface area contributed by atoms with Gasteiger partial charge in [0.15, 0.2) is 0 Å². The Bertz CT molecular complexity index is 602. The van der Waals surface area contributed by atoms with Crippen LogP contribution in [-0.2, 0) is 0 Å². The van der Waals surface area contributed by atoms with E-state index in [4.69, 9.17) is 23.2 Å². The zero-order chi connectivity index (χ0) is 13.1. The SMILES string of the molecule is O=C(Nc1cccc(O)c1)c1cnc(Cl)c(Cl)c1. The number of nitrogens with one attached hydrogen (secondary N) is 1. The highest BCUT2D eigenvalue weighted by Crippen LogP contribution is 2.21. The molecule has 4 nitrogen and oxygen atoms in total. The molecular weight excluding hydrogens is 275 g/mol. The van der Waals surface area contributed by atoms with Gasteiger partial charge in [-0.2, -0.15) is 0 Å². The molecule has 0 saturated heterocycles.